The topological polar surface area (TPSA) is 56.3 Å². The number of anilines is 1. The standard InChI is InChI=1S/C17H19N3O2/c1-10-5-13-6-12(3-4-16(13)22-10)11(2)19-17-18-7-14-8-21-9-15(14)20-17/h3-4,6-7,10-11H,5,8-9H2,1-2H3,(H,18,19,20)/t10?,11-/m1/s1. The Hall–Kier alpha value is -2.14. The van der Waals surface area contributed by atoms with E-state index in [4.69, 9.17) is 9.47 Å². The molecule has 0 spiro atoms. The second-order valence-electron chi connectivity index (χ2n) is 6.02. The molecule has 2 atom stereocenters. The van der Waals surface area contributed by atoms with Crippen molar-refractivity contribution < 1.29 is 9.47 Å². The van der Waals surface area contributed by atoms with Gasteiger partial charge in [-0.05, 0) is 37.1 Å². The van der Waals surface area contributed by atoms with Crippen LogP contribution in [0.5, 0.6) is 5.75 Å². The average molecular weight is 297 g/mol. The molecule has 0 amide bonds. The van der Waals surface area contributed by atoms with E-state index in [1.165, 1.54) is 11.1 Å². The lowest BCUT2D eigenvalue weighted by Crippen LogP contribution is -2.10. The van der Waals surface area contributed by atoms with Gasteiger partial charge in [0.25, 0.3) is 0 Å². The quantitative estimate of drug-likeness (QED) is 0.944. The molecule has 0 radical (unpaired) electrons. The number of ether oxygens (including phenoxy) is 2. The predicted octanol–water partition coefficient (Wildman–Crippen LogP) is 3.00. The average Bonchev–Trinajstić information content (AvgIpc) is 3.10. The molecule has 1 unspecified atom stereocenters. The Morgan fingerprint density at radius 1 is 1.27 bits per heavy atom. The summed E-state index contributed by atoms with van der Waals surface area (Å²) in [5.74, 6) is 1.66. The fourth-order valence-electron chi connectivity index (χ4n) is 3.00. The maximum Gasteiger partial charge on any atom is 0.223 e. The van der Waals surface area contributed by atoms with Crippen LogP contribution in [0.15, 0.2) is 24.4 Å². The number of aromatic nitrogens is 2. The van der Waals surface area contributed by atoms with Crippen molar-refractivity contribution in [2.24, 2.45) is 0 Å². The molecule has 22 heavy (non-hydrogen) atoms. The van der Waals surface area contributed by atoms with E-state index in [0.29, 0.717) is 19.2 Å². The molecule has 0 aliphatic carbocycles. The number of hydrogen-bond donors (Lipinski definition) is 1. The molecule has 1 aromatic heterocycles. The molecule has 0 saturated carbocycles. The number of nitrogens with zero attached hydrogens (tertiary/aromatic N) is 2. The number of hydrogen-bond acceptors (Lipinski definition) is 5. The highest BCUT2D eigenvalue weighted by Gasteiger charge is 2.20. The first kappa shape index (κ1) is 13.5. The van der Waals surface area contributed by atoms with Crippen LogP contribution >= 0.6 is 0 Å². The Kier molecular flexibility index (Phi) is 3.22. The summed E-state index contributed by atoms with van der Waals surface area (Å²) in [6.45, 7) is 5.42. The summed E-state index contributed by atoms with van der Waals surface area (Å²) >= 11 is 0. The first-order valence-corrected chi connectivity index (χ1v) is 7.67. The molecule has 0 saturated heterocycles. The summed E-state index contributed by atoms with van der Waals surface area (Å²) in [6.07, 6.45) is 3.10. The molecule has 1 aromatic carbocycles. The van der Waals surface area contributed by atoms with Crippen molar-refractivity contribution in [3.63, 3.8) is 0 Å². The molecular weight excluding hydrogens is 278 g/mol. The molecule has 5 nitrogen and oxygen atoms in total. The van der Waals surface area contributed by atoms with Gasteiger partial charge >= 0.3 is 0 Å². The van der Waals surface area contributed by atoms with Crippen molar-refractivity contribution in [1.82, 2.24) is 9.97 Å². The van der Waals surface area contributed by atoms with E-state index >= 15 is 0 Å². The highest BCUT2D eigenvalue weighted by Crippen LogP contribution is 2.31. The summed E-state index contributed by atoms with van der Waals surface area (Å²) in [6, 6.07) is 6.52. The maximum atomic E-state index is 5.75. The van der Waals surface area contributed by atoms with E-state index in [1.54, 1.807) is 0 Å². The smallest absolute Gasteiger partial charge is 0.223 e. The van der Waals surface area contributed by atoms with Gasteiger partial charge in [-0.3, -0.25) is 0 Å². The van der Waals surface area contributed by atoms with Crippen LogP contribution in [0, 0.1) is 0 Å². The summed E-state index contributed by atoms with van der Waals surface area (Å²) in [5, 5.41) is 3.37. The largest absolute Gasteiger partial charge is 0.490 e. The van der Waals surface area contributed by atoms with Crippen LogP contribution in [0.4, 0.5) is 5.95 Å². The van der Waals surface area contributed by atoms with Gasteiger partial charge < -0.3 is 14.8 Å². The zero-order valence-corrected chi connectivity index (χ0v) is 12.8. The fraction of sp³-hybridized carbons (Fsp3) is 0.412. The molecule has 2 aromatic rings. The van der Waals surface area contributed by atoms with E-state index in [1.807, 2.05) is 6.20 Å². The van der Waals surface area contributed by atoms with Crippen molar-refractivity contribution in [3.05, 3.63) is 46.8 Å². The normalized spacial score (nSPS) is 20.2. The summed E-state index contributed by atoms with van der Waals surface area (Å²) < 4.78 is 11.1. The zero-order chi connectivity index (χ0) is 15.1. The van der Waals surface area contributed by atoms with E-state index < -0.39 is 0 Å². The first-order valence-electron chi connectivity index (χ1n) is 7.67. The van der Waals surface area contributed by atoms with Crippen LogP contribution in [0.25, 0.3) is 0 Å². The lowest BCUT2D eigenvalue weighted by atomic mass is 10.0. The molecule has 4 rings (SSSR count). The third-order valence-electron chi connectivity index (χ3n) is 4.22. The van der Waals surface area contributed by atoms with Gasteiger partial charge in [-0.1, -0.05) is 6.07 Å². The van der Waals surface area contributed by atoms with Crippen LogP contribution in [-0.4, -0.2) is 16.1 Å². The van der Waals surface area contributed by atoms with Crippen molar-refractivity contribution in [1.29, 1.82) is 0 Å². The van der Waals surface area contributed by atoms with Gasteiger partial charge in [0.1, 0.15) is 11.9 Å². The van der Waals surface area contributed by atoms with Crippen LogP contribution in [0.3, 0.4) is 0 Å². The van der Waals surface area contributed by atoms with E-state index in [9.17, 15) is 0 Å². The number of rotatable bonds is 3. The lowest BCUT2D eigenvalue weighted by Gasteiger charge is -2.15. The Labute approximate surface area is 129 Å². The van der Waals surface area contributed by atoms with Crippen LogP contribution in [0.2, 0.25) is 0 Å². The van der Waals surface area contributed by atoms with Gasteiger partial charge in [-0.25, -0.2) is 9.97 Å². The summed E-state index contributed by atoms with van der Waals surface area (Å²) in [7, 11) is 0. The van der Waals surface area contributed by atoms with Crippen molar-refractivity contribution in [3.8, 4) is 5.75 Å². The number of fused-ring (bicyclic) bond motifs is 2. The van der Waals surface area contributed by atoms with Gasteiger partial charge in [0.05, 0.1) is 24.9 Å². The molecule has 5 heteroatoms. The second-order valence-corrected chi connectivity index (χ2v) is 6.02. The SMILES string of the molecule is CC1Cc2cc([C@@H](C)Nc3ncc4c(n3)COC4)ccc2O1. The van der Waals surface area contributed by atoms with Gasteiger partial charge in [-0.15, -0.1) is 0 Å². The highest BCUT2D eigenvalue weighted by molar-refractivity contribution is 5.43. The van der Waals surface area contributed by atoms with Crippen molar-refractivity contribution in [2.75, 3.05) is 5.32 Å². The minimum atomic E-state index is 0.140. The lowest BCUT2D eigenvalue weighted by molar-refractivity contribution is 0.133. The molecule has 0 fully saturated rings. The van der Waals surface area contributed by atoms with Crippen LogP contribution < -0.4 is 10.1 Å². The third kappa shape index (κ3) is 2.41. The number of nitrogens with one attached hydrogen (secondary N) is 1. The first-order chi connectivity index (χ1) is 10.7. The summed E-state index contributed by atoms with van der Waals surface area (Å²) in [5.41, 5.74) is 4.57. The Balaban J connectivity index is 1.53. The van der Waals surface area contributed by atoms with Gasteiger partial charge in [-0.2, -0.15) is 0 Å². The third-order valence-corrected chi connectivity index (χ3v) is 4.22. The Morgan fingerprint density at radius 3 is 3.09 bits per heavy atom. The molecule has 2 aliphatic rings. The minimum Gasteiger partial charge on any atom is -0.490 e. The highest BCUT2D eigenvalue weighted by atomic mass is 16.5. The van der Waals surface area contributed by atoms with Crippen molar-refractivity contribution in [2.45, 2.75) is 45.6 Å². The maximum absolute atomic E-state index is 5.75. The molecular formula is C17H19N3O2. The molecule has 1 N–H and O–H groups in total. The fourth-order valence-corrected chi connectivity index (χ4v) is 3.00. The molecule has 114 valence electrons. The van der Waals surface area contributed by atoms with Crippen molar-refractivity contribution >= 4 is 5.95 Å². The van der Waals surface area contributed by atoms with E-state index in [-0.39, 0.29) is 12.1 Å². The van der Waals surface area contributed by atoms with E-state index in [2.05, 4.69) is 47.3 Å². The minimum absolute atomic E-state index is 0.140. The van der Waals surface area contributed by atoms with E-state index in [0.717, 1.165) is 23.4 Å². The van der Waals surface area contributed by atoms with Gasteiger partial charge in [0, 0.05) is 18.2 Å². The molecule has 0 bridgehead atoms. The number of benzene rings is 1. The van der Waals surface area contributed by atoms with Gasteiger partial charge in [0.2, 0.25) is 5.95 Å². The Bertz CT molecular complexity index is 717. The summed E-state index contributed by atoms with van der Waals surface area (Å²) in [4.78, 5) is 8.90. The molecule has 2 aliphatic heterocycles. The molecule has 3 heterocycles. The van der Waals surface area contributed by atoms with Crippen LogP contribution in [0.1, 0.15) is 42.3 Å². The second kappa shape index (κ2) is 5.25. The zero-order valence-electron chi connectivity index (χ0n) is 12.8. The monoisotopic (exact) mass is 297 g/mol. The van der Waals surface area contributed by atoms with Crippen LogP contribution in [-0.2, 0) is 24.4 Å². The Morgan fingerprint density at radius 2 is 2.18 bits per heavy atom. The predicted molar refractivity (Wildman–Crippen MR) is 82.8 cm³/mol. The van der Waals surface area contributed by atoms with Gasteiger partial charge in [0.15, 0.2) is 0 Å².